The van der Waals surface area contributed by atoms with Gasteiger partial charge in [0.25, 0.3) is 0 Å². The normalized spacial score (nSPS) is 15.4. The number of aryl methyl sites for hydroxylation is 1. The van der Waals surface area contributed by atoms with E-state index in [9.17, 15) is 5.11 Å². The van der Waals surface area contributed by atoms with Crippen LogP contribution in [0, 0.1) is 6.92 Å². The van der Waals surface area contributed by atoms with Crippen LogP contribution in [0.2, 0.25) is 0 Å². The maximum absolute atomic E-state index is 9.73. The molecule has 160 valence electrons. The second kappa shape index (κ2) is 7.82. The van der Waals surface area contributed by atoms with Gasteiger partial charge in [-0.1, -0.05) is 30.3 Å². The fourth-order valence-electron chi connectivity index (χ4n) is 4.37. The molecule has 0 aliphatic carbocycles. The Bertz CT molecular complexity index is 1250. The molecule has 0 radical (unpaired) electrons. The molecule has 4 heterocycles. The molecule has 1 aliphatic heterocycles. The highest BCUT2D eigenvalue weighted by atomic mass is 32.1. The van der Waals surface area contributed by atoms with E-state index in [2.05, 4.69) is 42.8 Å². The Morgan fingerprint density at radius 1 is 1.16 bits per heavy atom. The third-order valence-corrected chi connectivity index (χ3v) is 6.97. The van der Waals surface area contributed by atoms with Crippen molar-refractivity contribution in [2.75, 3.05) is 18.1 Å². The maximum atomic E-state index is 9.73. The van der Waals surface area contributed by atoms with E-state index in [1.807, 2.05) is 18.2 Å². The van der Waals surface area contributed by atoms with Gasteiger partial charge in [-0.3, -0.25) is 0 Å². The zero-order valence-corrected chi connectivity index (χ0v) is 18.9. The molecule has 31 heavy (non-hydrogen) atoms. The second-order valence-corrected chi connectivity index (χ2v) is 9.67. The highest BCUT2D eigenvalue weighted by Crippen LogP contribution is 2.42. The van der Waals surface area contributed by atoms with Gasteiger partial charge >= 0.3 is 0 Å². The lowest BCUT2D eigenvalue weighted by atomic mass is 9.89. The molecular formula is C24H26N4O2S. The number of hydrogen-bond acceptors (Lipinski definition) is 7. The number of thiophene rings is 1. The first-order valence-electron chi connectivity index (χ1n) is 10.6. The molecule has 0 atom stereocenters. The predicted octanol–water partition coefficient (Wildman–Crippen LogP) is 4.40. The minimum atomic E-state index is -0.214. The molecule has 0 fully saturated rings. The van der Waals surface area contributed by atoms with Crippen molar-refractivity contribution in [3.05, 3.63) is 59.0 Å². The average molecular weight is 435 g/mol. The lowest BCUT2D eigenvalue weighted by Gasteiger charge is -2.32. The van der Waals surface area contributed by atoms with E-state index in [4.69, 9.17) is 14.7 Å². The second-order valence-electron chi connectivity index (χ2n) is 8.67. The number of ether oxygens (including phenoxy) is 1. The van der Waals surface area contributed by atoms with Crippen molar-refractivity contribution < 1.29 is 9.84 Å². The molecule has 6 nitrogen and oxygen atoms in total. The number of fused-ring (bicyclic) bond motifs is 5. The van der Waals surface area contributed by atoms with Crippen LogP contribution in [0.25, 0.3) is 20.4 Å². The minimum absolute atomic E-state index is 0.0571. The monoisotopic (exact) mass is 434 g/mol. The standard InChI is InChI=1S/C24H26N4O2S/c1-15-18-13-30-24(2,3)11-17(18)19-20-21(31-23(19)27-15)22(26-14-25-20)28(9-10-29)12-16-7-5-4-6-8-16/h4-8,14,29H,9-13H2,1-3H3. The van der Waals surface area contributed by atoms with E-state index in [0.29, 0.717) is 19.7 Å². The van der Waals surface area contributed by atoms with Crippen molar-refractivity contribution in [3.8, 4) is 0 Å². The van der Waals surface area contributed by atoms with E-state index in [1.165, 1.54) is 16.7 Å². The summed E-state index contributed by atoms with van der Waals surface area (Å²) < 4.78 is 7.08. The first-order valence-corrected chi connectivity index (χ1v) is 11.4. The van der Waals surface area contributed by atoms with Crippen LogP contribution >= 0.6 is 11.3 Å². The molecule has 3 aromatic heterocycles. The molecule has 7 heteroatoms. The Balaban J connectivity index is 1.69. The van der Waals surface area contributed by atoms with Gasteiger partial charge in [-0.15, -0.1) is 11.3 Å². The first kappa shape index (κ1) is 20.3. The van der Waals surface area contributed by atoms with E-state index >= 15 is 0 Å². The van der Waals surface area contributed by atoms with Crippen LogP contribution in [0.1, 0.15) is 36.2 Å². The summed E-state index contributed by atoms with van der Waals surface area (Å²) in [5.74, 6) is 0.851. The van der Waals surface area contributed by atoms with Crippen LogP contribution in [0.4, 0.5) is 5.82 Å². The van der Waals surface area contributed by atoms with Crippen LogP contribution in [-0.4, -0.2) is 38.8 Å². The average Bonchev–Trinajstić information content (AvgIpc) is 3.12. The summed E-state index contributed by atoms with van der Waals surface area (Å²) in [5.41, 5.74) is 5.41. The molecule has 1 N–H and O–H groups in total. The van der Waals surface area contributed by atoms with Crippen LogP contribution in [0.5, 0.6) is 0 Å². The number of benzene rings is 1. The summed E-state index contributed by atoms with van der Waals surface area (Å²) in [6.45, 7) is 8.14. The van der Waals surface area contributed by atoms with Gasteiger partial charge in [0, 0.05) is 36.2 Å². The van der Waals surface area contributed by atoms with Gasteiger partial charge in [-0.25, -0.2) is 15.0 Å². The number of aliphatic hydroxyl groups is 1. The van der Waals surface area contributed by atoms with E-state index in [-0.39, 0.29) is 12.2 Å². The van der Waals surface area contributed by atoms with Gasteiger partial charge in [-0.2, -0.15) is 0 Å². The van der Waals surface area contributed by atoms with Crippen molar-refractivity contribution in [1.29, 1.82) is 0 Å². The highest BCUT2D eigenvalue weighted by Gasteiger charge is 2.31. The van der Waals surface area contributed by atoms with Crippen LogP contribution < -0.4 is 4.90 Å². The van der Waals surface area contributed by atoms with Gasteiger partial charge in [0.05, 0.1) is 29.0 Å². The first-order chi connectivity index (χ1) is 15.0. The van der Waals surface area contributed by atoms with Gasteiger partial charge in [0.2, 0.25) is 0 Å². The van der Waals surface area contributed by atoms with Gasteiger partial charge in [0.1, 0.15) is 11.2 Å². The number of aliphatic hydroxyl groups excluding tert-OH is 1. The summed E-state index contributed by atoms with van der Waals surface area (Å²) in [6.07, 6.45) is 2.47. The summed E-state index contributed by atoms with van der Waals surface area (Å²) in [6, 6.07) is 10.3. The molecule has 1 aromatic carbocycles. The molecule has 5 rings (SSSR count). The smallest absolute Gasteiger partial charge is 0.150 e. The molecule has 4 aromatic rings. The SMILES string of the molecule is Cc1nc2sc3c(N(CCO)Cc4ccccc4)ncnc3c2c2c1COC(C)(C)C2. The molecule has 1 aliphatic rings. The third kappa shape index (κ3) is 3.67. The molecule has 0 amide bonds. The fraction of sp³-hybridized carbons (Fsp3) is 0.375. The molecule has 0 bridgehead atoms. The van der Waals surface area contributed by atoms with Crippen molar-refractivity contribution in [1.82, 2.24) is 15.0 Å². The number of rotatable bonds is 5. The van der Waals surface area contributed by atoms with Crippen LogP contribution in [-0.2, 0) is 24.3 Å². The molecule has 0 saturated carbocycles. The van der Waals surface area contributed by atoms with Crippen molar-refractivity contribution >= 4 is 37.6 Å². The lowest BCUT2D eigenvalue weighted by molar-refractivity contribution is -0.0400. The molecular weight excluding hydrogens is 408 g/mol. The fourth-order valence-corrected chi connectivity index (χ4v) is 5.59. The van der Waals surface area contributed by atoms with E-state index in [0.717, 1.165) is 38.4 Å². The van der Waals surface area contributed by atoms with Crippen LogP contribution in [0.15, 0.2) is 36.7 Å². The Labute approximate surface area is 185 Å². The number of anilines is 1. The summed E-state index contributed by atoms with van der Waals surface area (Å²) in [4.78, 5) is 17.4. The summed E-state index contributed by atoms with van der Waals surface area (Å²) in [7, 11) is 0. The zero-order chi connectivity index (χ0) is 21.6. The predicted molar refractivity (Wildman–Crippen MR) is 125 cm³/mol. The Morgan fingerprint density at radius 2 is 1.97 bits per heavy atom. The molecule has 0 spiro atoms. The van der Waals surface area contributed by atoms with Crippen LogP contribution in [0.3, 0.4) is 0 Å². The highest BCUT2D eigenvalue weighted by molar-refractivity contribution is 7.26. The third-order valence-electron chi connectivity index (χ3n) is 5.90. The topological polar surface area (TPSA) is 71.4 Å². The zero-order valence-electron chi connectivity index (χ0n) is 18.1. The van der Waals surface area contributed by atoms with Crippen molar-refractivity contribution in [3.63, 3.8) is 0 Å². The molecule has 0 saturated heterocycles. The van der Waals surface area contributed by atoms with Gasteiger partial charge in [0.15, 0.2) is 5.82 Å². The van der Waals surface area contributed by atoms with E-state index < -0.39 is 0 Å². The van der Waals surface area contributed by atoms with Gasteiger partial charge in [-0.05, 0) is 31.9 Å². The maximum Gasteiger partial charge on any atom is 0.150 e. The number of aromatic nitrogens is 3. The summed E-state index contributed by atoms with van der Waals surface area (Å²) in [5, 5.41) is 10.9. The Kier molecular flexibility index (Phi) is 5.12. The lowest BCUT2D eigenvalue weighted by Crippen LogP contribution is -2.32. The van der Waals surface area contributed by atoms with Crippen molar-refractivity contribution in [2.24, 2.45) is 0 Å². The van der Waals surface area contributed by atoms with E-state index in [1.54, 1.807) is 17.7 Å². The minimum Gasteiger partial charge on any atom is -0.395 e. The summed E-state index contributed by atoms with van der Waals surface area (Å²) >= 11 is 1.64. The van der Waals surface area contributed by atoms with Gasteiger partial charge < -0.3 is 14.7 Å². The number of pyridine rings is 1. The van der Waals surface area contributed by atoms with Crippen molar-refractivity contribution in [2.45, 2.75) is 45.9 Å². The number of hydrogen-bond donors (Lipinski definition) is 1. The Morgan fingerprint density at radius 3 is 2.74 bits per heavy atom. The molecule has 0 unspecified atom stereocenters. The number of nitrogens with zero attached hydrogens (tertiary/aromatic N) is 4. The Hall–Kier alpha value is -2.61. The quantitative estimate of drug-likeness (QED) is 0.502. The largest absolute Gasteiger partial charge is 0.395 e.